The summed E-state index contributed by atoms with van der Waals surface area (Å²) in [6, 6.07) is 3.41. The van der Waals surface area contributed by atoms with Crippen LogP contribution in [0.4, 0.5) is 11.8 Å². The Hall–Kier alpha value is -2.44. The standard InChI is InChI=1S/C16H21N5O2/c1-10(2)12-9-13(15(22)19-14-8-11(3)23-20-14)18-16(17-12)21-6-4-5-7-21/h8-10H,4-7H2,1-3H3,(H,19,20,22). The lowest BCUT2D eigenvalue weighted by molar-refractivity contribution is 0.102. The first kappa shape index (κ1) is 15.5. The van der Waals surface area contributed by atoms with Gasteiger partial charge in [-0.3, -0.25) is 4.79 Å². The zero-order valence-corrected chi connectivity index (χ0v) is 13.7. The molecule has 0 unspecified atom stereocenters. The van der Waals surface area contributed by atoms with Crippen LogP contribution in [0.25, 0.3) is 0 Å². The van der Waals surface area contributed by atoms with Crippen LogP contribution in [-0.2, 0) is 0 Å². The Morgan fingerprint density at radius 3 is 2.61 bits per heavy atom. The first-order valence-electron chi connectivity index (χ1n) is 7.91. The molecule has 3 heterocycles. The number of hydrogen-bond acceptors (Lipinski definition) is 6. The second-order valence-corrected chi connectivity index (χ2v) is 6.10. The molecule has 0 bridgehead atoms. The maximum absolute atomic E-state index is 12.5. The Bertz CT molecular complexity index is 704. The highest BCUT2D eigenvalue weighted by Gasteiger charge is 2.20. The summed E-state index contributed by atoms with van der Waals surface area (Å²) >= 11 is 0. The SMILES string of the molecule is Cc1cc(NC(=O)c2cc(C(C)C)nc(N3CCCC3)n2)no1. The number of anilines is 2. The number of hydrogen-bond donors (Lipinski definition) is 1. The molecule has 1 aliphatic rings. The van der Waals surface area contributed by atoms with Crippen LogP contribution in [0.3, 0.4) is 0 Å². The Labute approximate surface area is 135 Å². The minimum atomic E-state index is -0.303. The van der Waals surface area contributed by atoms with E-state index in [9.17, 15) is 4.79 Å². The van der Waals surface area contributed by atoms with Crippen molar-refractivity contribution in [3.63, 3.8) is 0 Å². The molecule has 1 fully saturated rings. The number of amides is 1. The van der Waals surface area contributed by atoms with Crippen LogP contribution in [0.2, 0.25) is 0 Å². The molecule has 1 aliphatic heterocycles. The van der Waals surface area contributed by atoms with Crippen LogP contribution in [0.15, 0.2) is 16.7 Å². The second kappa shape index (κ2) is 6.36. The minimum Gasteiger partial charge on any atom is -0.360 e. The van der Waals surface area contributed by atoms with E-state index in [1.54, 1.807) is 19.1 Å². The fraction of sp³-hybridized carbons (Fsp3) is 0.500. The van der Waals surface area contributed by atoms with E-state index in [1.807, 2.05) is 0 Å². The Kier molecular flexibility index (Phi) is 4.27. The maximum Gasteiger partial charge on any atom is 0.275 e. The quantitative estimate of drug-likeness (QED) is 0.934. The second-order valence-electron chi connectivity index (χ2n) is 6.10. The molecule has 1 saturated heterocycles. The fourth-order valence-corrected chi connectivity index (χ4v) is 2.53. The van der Waals surface area contributed by atoms with Gasteiger partial charge in [-0.15, -0.1) is 0 Å². The van der Waals surface area contributed by atoms with Gasteiger partial charge in [0, 0.05) is 24.8 Å². The molecular weight excluding hydrogens is 294 g/mol. The number of rotatable bonds is 4. The van der Waals surface area contributed by atoms with Crippen molar-refractivity contribution in [2.75, 3.05) is 23.3 Å². The zero-order valence-electron chi connectivity index (χ0n) is 13.7. The van der Waals surface area contributed by atoms with Gasteiger partial charge in [0.25, 0.3) is 5.91 Å². The molecule has 122 valence electrons. The molecule has 0 saturated carbocycles. The Morgan fingerprint density at radius 2 is 2.00 bits per heavy atom. The highest BCUT2D eigenvalue weighted by Crippen LogP contribution is 2.21. The predicted octanol–water partition coefficient (Wildman–Crippen LogP) is 2.75. The highest BCUT2D eigenvalue weighted by molar-refractivity contribution is 6.02. The summed E-state index contributed by atoms with van der Waals surface area (Å²) in [6.45, 7) is 7.75. The van der Waals surface area contributed by atoms with E-state index in [0.717, 1.165) is 31.6 Å². The highest BCUT2D eigenvalue weighted by atomic mass is 16.5. The van der Waals surface area contributed by atoms with Crippen LogP contribution in [0, 0.1) is 6.92 Å². The van der Waals surface area contributed by atoms with Crippen molar-refractivity contribution in [1.29, 1.82) is 0 Å². The molecule has 1 amide bonds. The molecule has 1 N–H and O–H groups in total. The van der Waals surface area contributed by atoms with Gasteiger partial charge in [0.2, 0.25) is 5.95 Å². The zero-order chi connectivity index (χ0) is 16.4. The Balaban J connectivity index is 1.88. The topological polar surface area (TPSA) is 84.2 Å². The lowest BCUT2D eigenvalue weighted by Crippen LogP contribution is -2.24. The van der Waals surface area contributed by atoms with Gasteiger partial charge in [0.1, 0.15) is 11.5 Å². The van der Waals surface area contributed by atoms with Gasteiger partial charge in [-0.05, 0) is 31.7 Å². The van der Waals surface area contributed by atoms with Gasteiger partial charge >= 0.3 is 0 Å². The van der Waals surface area contributed by atoms with E-state index in [2.05, 4.69) is 39.2 Å². The van der Waals surface area contributed by atoms with E-state index in [0.29, 0.717) is 23.2 Å². The molecule has 0 aliphatic carbocycles. The smallest absolute Gasteiger partial charge is 0.275 e. The van der Waals surface area contributed by atoms with Crippen molar-refractivity contribution in [2.24, 2.45) is 0 Å². The predicted molar refractivity (Wildman–Crippen MR) is 86.8 cm³/mol. The Morgan fingerprint density at radius 1 is 1.26 bits per heavy atom. The van der Waals surface area contributed by atoms with Gasteiger partial charge in [-0.1, -0.05) is 19.0 Å². The summed E-state index contributed by atoms with van der Waals surface area (Å²) in [5, 5.41) is 6.49. The van der Waals surface area contributed by atoms with Crippen LogP contribution in [0.5, 0.6) is 0 Å². The van der Waals surface area contributed by atoms with E-state index in [-0.39, 0.29) is 11.8 Å². The molecule has 0 aromatic carbocycles. The van der Waals surface area contributed by atoms with E-state index < -0.39 is 0 Å². The molecule has 2 aromatic heterocycles. The first-order valence-corrected chi connectivity index (χ1v) is 7.91. The lowest BCUT2D eigenvalue weighted by Gasteiger charge is -2.17. The number of carbonyl (C=O) groups excluding carboxylic acids is 1. The summed E-state index contributed by atoms with van der Waals surface area (Å²) in [5.41, 5.74) is 1.22. The van der Waals surface area contributed by atoms with Crippen molar-refractivity contribution >= 4 is 17.7 Å². The van der Waals surface area contributed by atoms with Gasteiger partial charge in [0.15, 0.2) is 5.82 Å². The average Bonchev–Trinajstić information content (AvgIpc) is 3.18. The van der Waals surface area contributed by atoms with Crippen LogP contribution in [-0.4, -0.2) is 34.1 Å². The molecule has 0 atom stereocenters. The van der Waals surface area contributed by atoms with Crippen molar-refractivity contribution in [3.05, 3.63) is 29.3 Å². The van der Waals surface area contributed by atoms with Crippen LogP contribution >= 0.6 is 0 Å². The molecule has 23 heavy (non-hydrogen) atoms. The first-order chi connectivity index (χ1) is 11.0. The summed E-state index contributed by atoms with van der Waals surface area (Å²) in [5.74, 6) is 1.59. The molecule has 2 aromatic rings. The summed E-state index contributed by atoms with van der Waals surface area (Å²) in [7, 11) is 0. The van der Waals surface area contributed by atoms with Crippen LogP contribution in [0.1, 0.15) is 54.5 Å². The third kappa shape index (κ3) is 3.49. The van der Waals surface area contributed by atoms with Gasteiger partial charge < -0.3 is 14.7 Å². The maximum atomic E-state index is 12.5. The largest absolute Gasteiger partial charge is 0.360 e. The summed E-state index contributed by atoms with van der Waals surface area (Å²) in [6.07, 6.45) is 2.27. The average molecular weight is 315 g/mol. The van der Waals surface area contributed by atoms with Gasteiger partial charge in [0.05, 0.1) is 0 Å². The molecule has 0 radical (unpaired) electrons. The third-order valence-corrected chi connectivity index (χ3v) is 3.82. The number of carbonyl (C=O) groups is 1. The van der Waals surface area contributed by atoms with Gasteiger partial charge in [-0.25, -0.2) is 9.97 Å². The van der Waals surface area contributed by atoms with Gasteiger partial charge in [-0.2, -0.15) is 0 Å². The molecular formula is C16H21N5O2. The molecule has 7 nitrogen and oxygen atoms in total. The summed E-state index contributed by atoms with van der Waals surface area (Å²) in [4.78, 5) is 23.6. The molecule has 0 spiro atoms. The van der Waals surface area contributed by atoms with E-state index in [1.165, 1.54) is 0 Å². The number of nitrogens with one attached hydrogen (secondary N) is 1. The van der Waals surface area contributed by atoms with Crippen LogP contribution < -0.4 is 10.2 Å². The number of aromatic nitrogens is 3. The van der Waals surface area contributed by atoms with E-state index >= 15 is 0 Å². The third-order valence-electron chi connectivity index (χ3n) is 3.82. The molecule has 3 rings (SSSR count). The van der Waals surface area contributed by atoms with Crippen molar-refractivity contribution in [3.8, 4) is 0 Å². The van der Waals surface area contributed by atoms with Crippen molar-refractivity contribution < 1.29 is 9.32 Å². The fourth-order valence-electron chi connectivity index (χ4n) is 2.53. The monoisotopic (exact) mass is 315 g/mol. The molecule has 7 heteroatoms. The lowest BCUT2D eigenvalue weighted by atomic mass is 10.1. The van der Waals surface area contributed by atoms with E-state index in [4.69, 9.17) is 4.52 Å². The minimum absolute atomic E-state index is 0.222. The number of nitrogens with zero attached hydrogens (tertiary/aromatic N) is 4. The summed E-state index contributed by atoms with van der Waals surface area (Å²) < 4.78 is 4.96. The normalized spacial score (nSPS) is 14.5. The number of aryl methyl sites for hydroxylation is 1. The van der Waals surface area contributed by atoms with Crippen molar-refractivity contribution in [2.45, 2.75) is 39.5 Å². The van der Waals surface area contributed by atoms with Crippen molar-refractivity contribution in [1.82, 2.24) is 15.1 Å².